The number of aromatic amines is 2. The summed E-state index contributed by atoms with van der Waals surface area (Å²) in [6.45, 7) is 0. The normalized spacial score (nSPS) is 11.5. The van der Waals surface area contributed by atoms with E-state index in [1.807, 2.05) is 24.4 Å². The van der Waals surface area contributed by atoms with E-state index in [1.54, 1.807) is 6.20 Å². The Kier molecular flexibility index (Phi) is 4.13. The highest BCUT2D eigenvalue weighted by atomic mass is 14.8. The number of H-pyrrole nitrogens is 2. The molecule has 0 unspecified atom stereocenters. The van der Waals surface area contributed by atoms with E-state index >= 15 is 0 Å². The van der Waals surface area contributed by atoms with Crippen molar-refractivity contribution < 1.29 is 0 Å². The van der Waals surface area contributed by atoms with Crippen LogP contribution in [0.4, 0.5) is 0 Å². The van der Waals surface area contributed by atoms with Gasteiger partial charge in [-0.3, -0.25) is 9.97 Å². The number of para-hydroxylation sites is 2. The number of hydrogen-bond donors (Lipinski definition) is 2. The van der Waals surface area contributed by atoms with Crippen LogP contribution in [0.3, 0.4) is 0 Å². The van der Waals surface area contributed by atoms with Crippen LogP contribution in [0, 0.1) is 0 Å². The number of nitrogens with zero attached hydrogens (tertiary/aromatic N) is 2. The first-order chi connectivity index (χ1) is 15.4. The maximum absolute atomic E-state index is 4.77. The third-order valence-electron chi connectivity index (χ3n) is 5.91. The first-order valence-corrected chi connectivity index (χ1v) is 10.4. The maximum atomic E-state index is 4.77. The monoisotopic (exact) mass is 400 g/mol. The molecule has 0 saturated carbocycles. The van der Waals surface area contributed by atoms with Gasteiger partial charge in [0.1, 0.15) is 0 Å². The molecule has 0 atom stereocenters. The van der Waals surface area contributed by atoms with Gasteiger partial charge in [-0.15, -0.1) is 0 Å². The minimum Gasteiger partial charge on any atom is -0.361 e. The number of pyridine rings is 2. The standard InChI is InChI=1S/C27H20N4/c1-3-9-23-19(7-1)21(16-30-23)27(22-17-31-24-10-4-2-8-20(22)24)18-12-13-26(29-15-18)25-11-5-6-14-28-25/h1-17,27,30-31H. The Labute approximate surface area is 179 Å². The van der Waals surface area contributed by atoms with Gasteiger partial charge in [0.05, 0.1) is 11.4 Å². The minimum atomic E-state index is 0.0533. The van der Waals surface area contributed by atoms with E-state index in [4.69, 9.17) is 4.98 Å². The highest BCUT2D eigenvalue weighted by Gasteiger charge is 2.23. The zero-order chi connectivity index (χ0) is 20.6. The van der Waals surface area contributed by atoms with Crippen molar-refractivity contribution in [1.29, 1.82) is 0 Å². The Bertz CT molecular complexity index is 1400. The van der Waals surface area contributed by atoms with E-state index in [-0.39, 0.29) is 5.92 Å². The molecule has 0 bridgehead atoms. The average molecular weight is 400 g/mol. The lowest BCUT2D eigenvalue weighted by Gasteiger charge is -2.17. The molecule has 0 radical (unpaired) electrons. The molecule has 4 nitrogen and oxygen atoms in total. The number of benzene rings is 2. The Morgan fingerprint density at radius 1 is 0.581 bits per heavy atom. The summed E-state index contributed by atoms with van der Waals surface area (Å²) in [5.74, 6) is 0.0533. The molecule has 4 heteroatoms. The largest absolute Gasteiger partial charge is 0.361 e. The van der Waals surface area contributed by atoms with Gasteiger partial charge in [0, 0.05) is 52.5 Å². The van der Waals surface area contributed by atoms with Gasteiger partial charge in [-0.05, 0) is 47.0 Å². The third kappa shape index (κ3) is 3.01. The molecule has 4 heterocycles. The molecular formula is C27H20N4. The summed E-state index contributed by atoms with van der Waals surface area (Å²) in [4.78, 5) is 16.1. The molecule has 31 heavy (non-hydrogen) atoms. The Balaban J connectivity index is 1.54. The minimum absolute atomic E-state index is 0.0533. The van der Waals surface area contributed by atoms with E-state index in [0.717, 1.165) is 28.0 Å². The molecule has 2 aromatic carbocycles. The number of fused-ring (bicyclic) bond motifs is 2. The second-order valence-corrected chi connectivity index (χ2v) is 7.70. The van der Waals surface area contributed by atoms with Crippen LogP contribution in [0.1, 0.15) is 22.6 Å². The first-order valence-electron chi connectivity index (χ1n) is 10.4. The van der Waals surface area contributed by atoms with Gasteiger partial charge in [0.25, 0.3) is 0 Å². The van der Waals surface area contributed by atoms with Crippen LogP contribution in [0.5, 0.6) is 0 Å². The lowest BCUT2D eigenvalue weighted by atomic mass is 9.85. The predicted octanol–water partition coefficient (Wildman–Crippen LogP) is 6.29. The quantitative estimate of drug-likeness (QED) is 0.365. The van der Waals surface area contributed by atoms with Gasteiger partial charge in [0.15, 0.2) is 0 Å². The molecule has 0 aliphatic rings. The highest BCUT2D eigenvalue weighted by molar-refractivity contribution is 5.89. The fourth-order valence-corrected chi connectivity index (χ4v) is 4.43. The number of rotatable bonds is 4. The molecule has 0 spiro atoms. The van der Waals surface area contributed by atoms with Crippen LogP contribution < -0.4 is 0 Å². The van der Waals surface area contributed by atoms with E-state index in [0.29, 0.717) is 0 Å². The van der Waals surface area contributed by atoms with Crippen molar-refractivity contribution in [2.45, 2.75) is 5.92 Å². The fourth-order valence-electron chi connectivity index (χ4n) is 4.43. The van der Waals surface area contributed by atoms with Crippen molar-refractivity contribution in [3.63, 3.8) is 0 Å². The molecule has 0 aliphatic heterocycles. The third-order valence-corrected chi connectivity index (χ3v) is 5.91. The van der Waals surface area contributed by atoms with Gasteiger partial charge in [-0.25, -0.2) is 0 Å². The zero-order valence-corrected chi connectivity index (χ0v) is 16.8. The van der Waals surface area contributed by atoms with Crippen LogP contribution in [-0.4, -0.2) is 19.9 Å². The predicted molar refractivity (Wildman–Crippen MR) is 125 cm³/mol. The van der Waals surface area contributed by atoms with Gasteiger partial charge < -0.3 is 9.97 Å². The van der Waals surface area contributed by atoms with Crippen molar-refractivity contribution in [2.75, 3.05) is 0 Å². The zero-order valence-electron chi connectivity index (χ0n) is 16.8. The molecule has 0 fully saturated rings. The SMILES string of the molecule is c1ccc(-c2ccc(C(c3c[nH]c4ccccc34)c3c[nH]c4ccccc34)cn2)nc1. The highest BCUT2D eigenvalue weighted by Crippen LogP contribution is 2.39. The van der Waals surface area contributed by atoms with E-state index in [1.165, 1.54) is 21.9 Å². The van der Waals surface area contributed by atoms with Crippen LogP contribution in [0.15, 0.2) is 104 Å². The van der Waals surface area contributed by atoms with Gasteiger partial charge in [0.2, 0.25) is 0 Å². The van der Waals surface area contributed by atoms with Crippen molar-refractivity contribution in [3.8, 4) is 11.4 Å². The van der Waals surface area contributed by atoms with Gasteiger partial charge in [-0.1, -0.05) is 48.5 Å². The number of aromatic nitrogens is 4. The topological polar surface area (TPSA) is 57.4 Å². The summed E-state index contributed by atoms with van der Waals surface area (Å²) in [6, 6.07) is 27.0. The fraction of sp³-hybridized carbons (Fsp3) is 0.0370. The molecule has 2 N–H and O–H groups in total. The molecule has 0 saturated heterocycles. The van der Waals surface area contributed by atoms with Crippen molar-refractivity contribution in [2.24, 2.45) is 0 Å². The van der Waals surface area contributed by atoms with Crippen LogP contribution >= 0.6 is 0 Å². The summed E-state index contributed by atoms with van der Waals surface area (Å²) >= 11 is 0. The lowest BCUT2D eigenvalue weighted by Crippen LogP contribution is -2.03. The molecular weight excluding hydrogens is 380 g/mol. The van der Waals surface area contributed by atoms with Crippen LogP contribution in [0.25, 0.3) is 33.2 Å². The summed E-state index contributed by atoms with van der Waals surface area (Å²) in [5.41, 5.74) is 7.67. The maximum Gasteiger partial charge on any atom is 0.0886 e. The number of nitrogens with one attached hydrogen (secondary N) is 2. The average Bonchev–Trinajstić information content (AvgIpc) is 3.46. The summed E-state index contributed by atoms with van der Waals surface area (Å²) in [5, 5.41) is 2.46. The van der Waals surface area contributed by atoms with Crippen molar-refractivity contribution in [1.82, 2.24) is 19.9 Å². The second-order valence-electron chi connectivity index (χ2n) is 7.70. The molecule has 148 valence electrons. The Morgan fingerprint density at radius 2 is 1.19 bits per heavy atom. The first kappa shape index (κ1) is 17.7. The van der Waals surface area contributed by atoms with Crippen molar-refractivity contribution in [3.05, 3.63) is 120 Å². The molecule has 6 aromatic rings. The van der Waals surface area contributed by atoms with Gasteiger partial charge >= 0.3 is 0 Å². The van der Waals surface area contributed by atoms with E-state index in [2.05, 4.69) is 88.0 Å². The Morgan fingerprint density at radius 3 is 1.77 bits per heavy atom. The van der Waals surface area contributed by atoms with Gasteiger partial charge in [-0.2, -0.15) is 0 Å². The summed E-state index contributed by atoms with van der Waals surface area (Å²) in [6.07, 6.45) is 8.04. The molecule has 0 amide bonds. The smallest absolute Gasteiger partial charge is 0.0886 e. The van der Waals surface area contributed by atoms with Crippen LogP contribution in [0.2, 0.25) is 0 Å². The Hall–Kier alpha value is -4.18. The molecule has 4 aromatic heterocycles. The second kappa shape index (κ2) is 7.26. The molecule has 0 aliphatic carbocycles. The lowest BCUT2D eigenvalue weighted by molar-refractivity contribution is 0.982. The summed E-state index contributed by atoms with van der Waals surface area (Å²) in [7, 11) is 0. The van der Waals surface area contributed by atoms with Crippen LogP contribution in [-0.2, 0) is 0 Å². The van der Waals surface area contributed by atoms with Crippen molar-refractivity contribution >= 4 is 21.8 Å². The summed E-state index contributed by atoms with van der Waals surface area (Å²) < 4.78 is 0. The number of hydrogen-bond acceptors (Lipinski definition) is 2. The molecule has 6 rings (SSSR count). The van der Waals surface area contributed by atoms with E-state index < -0.39 is 0 Å². The van der Waals surface area contributed by atoms with E-state index in [9.17, 15) is 0 Å².